The smallest absolute Gasteiger partial charge is 0.276 e. The van der Waals surface area contributed by atoms with E-state index in [-0.39, 0.29) is 45.3 Å². The summed E-state index contributed by atoms with van der Waals surface area (Å²) in [4.78, 5) is 38.0. The van der Waals surface area contributed by atoms with Crippen LogP contribution >= 0.6 is 0 Å². The molecule has 13 heteroatoms. The molecule has 0 radical (unpaired) electrons. The Kier molecular flexibility index (Phi) is 9.27. The maximum absolute atomic E-state index is 15.0. The van der Waals surface area contributed by atoms with Gasteiger partial charge in [-0.3, -0.25) is 9.59 Å². The summed E-state index contributed by atoms with van der Waals surface area (Å²) in [5.41, 5.74) is -0.598. The highest BCUT2D eigenvalue weighted by Crippen LogP contribution is 2.49. The van der Waals surface area contributed by atoms with Crippen molar-refractivity contribution >= 4 is 33.2 Å². The number of hydrogen-bond acceptors (Lipinski definition) is 10. The van der Waals surface area contributed by atoms with Crippen LogP contribution in [0.5, 0.6) is 11.6 Å². The summed E-state index contributed by atoms with van der Waals surface area (Å²) in [5.74, 6) is -1.17. The lowest BCUT2D eigenvalue weighted by Crippen LogP contribution is -2.55. The van der Waals surface area contributed by atoms with E-state index in [2.05, 4.69) is 33.1 Å². The van der Waals surface area contributed by atoms with Crippen LogP contribution in [0.25, 0.3) is 0 Å². The molecule has 1 atom stereocenters. The molecule has 1 aromatic heterocycles. The molecule has 49 heavy (non-hydrogen) atoms. The van der Waals surface area contributed by atoms with E-state index in [9.17, 15) is 23.3 Å². The third-order valence-corrected chi connectivity index (χ3v) is 10.6. The van der Waals surface area contributed by atoms with Crippen LogP contribution in [0.3, 0.4) is 0 Å². The molecule has 1 fully saturated rings. The number of carbonyl (C=O) groups excluding carboxylic acids is 2. The van der Waals surface area contributed by atoms with Crippen LogP contribution in [0.2, 0.25) is 0 Å². The molecule has 2 aliphatic heterocycles. The zero-order valence-corrected chi connectivity index (χ0v) is 28.2. The highest BCUT2D eigenvalue weighted by Gasteiger charge is 2.58. The number of pyridine rings is 1. The summed E-state index contributed by atoms with van der Waals surface area (Å²) in [6, 6.07) is 22.1. The highest BCUT2D eigenvalue weighted by atomic mass is 32.2. The van der Waals surface area contributed by atoms with Gasteiger partial charge in [0.05, 0.1) is 41.5 Å². The van der Waals surface area contributed by atoms with Crippen molar-refractivity contribution in [3.05, 3.63) is 107 Å². The van der Waals surface area contributed by atoms with Crippen LogP contribution in [-0.4, -0.2) is 76.6 Å². The van der Waals surface area contributed by atoms with Crippen molar-refractivity contribution in [1.82, 2.24) is 15.2 Å². The Bertz CT molecular complexity index is 2020. The Morgan fingerprint density at radius 2 is 1.69 bits per heavy atom. The van der Waals surface area contributed by atoms with E-state index in [0.717, 1.165) is 38.4 Å². The quantitative estimate of drug-likeness (QED) is 0.262. The number of likely N-dealkylation sites (N-methyl/N-ethyl adjacent to an activating group) is 1. The second kappa shape index (κ2) is 13.6. The minimum atomic E-state index is -4.55. The number of rotatable bonds is 10. The van der Waals surface area contributed by atoms with Gasteiger partial charge in [0.1, 0.15) is 5.75 Å². The van der Waals surface area contributed by atoms with Gasteiger partial charge in [-0.1, -0.05) is 6.92 Å². The molecule has 3 aromatic carbocycles. The lowest BCUT2D eigenvalue weighted by molar-refractivity contribution is -0.121. The third kappa shape index (κ3) is 5.94. The molecule has 0 aliphatic carbocycles. The van der Waals surface area contributed by atoms with Crippen molar-refractivity contribution in [1.29, 1.82) is 5.26 Å². The molecule has 2 amide bonds. The second-order valence-corrected chi connectivity index (χ2v) is 13.3. The summed E-state index contributed by atoms with van der Waals surface area (Å²) in [5, 5.41) is 12.8. The zero-order valence-electron chi connectivity index (χ0n) is 27.4. The normalized spacial score (nSPS) is 17.7. The molecule has 3 heterocycles. The van der Waals surface area contributed by atoms with E-state index in [1.165, 1.54) is 55.8 Å². The maximum atomic E-state index is 15.0. The Morgan fingerprint density at radius 3 is 2.33 bits per heavy atom. The van der Waals surface area contributed by atoms with E-state index in [4.69, 9.17) is 9.47 Å². The Labute approximate surface area is 285 Å². The third-order valence-electron chi connectivity index (χ3n) is 8.92. The first-order valence-corrected chi connectivity index (χ1v) is 17.4. The van der Waals surface area contributed by atoms with Crippen LogP contribution in [0.1, 0.15) is 40.9 Å². The Morgan fingerprint density at radius 1 is 0.980 bits per heavy atom. The van der Waals surface area contributed by atoms with E-state index in [0.29, 0.717) is 10.1 Å². The number of sulfonamides is 1. The first kappa shape index (κ1) is 33.5. The first-order chi connectivity index (χ1) is 23.7. The van der Waals surface area contributed by atoms with Crippen molar-refractivity contribution in [2.24, 2.45) is 0 Å². The zero-order chi connectivity index (χ0) is 34.8. The summed E-state index contributed by atoms with van der Waals surface area (Å²) in [6.45, 7) is 8.64. The van der Waals surface area contributed by atoms with Crippen LogP contribution in [0.15, 0.2) is 90.0 Å². The summed E-state index contributed by atoms with van der Waals surface area (Å²) < 4.78 is 40.3. The molecule has 4 aromatic rings. The van der Waals surface area contributed by atoms with Crippen LogP contribution in [0, 0.1) is 11.3 Å². The van der Waals surface area contributed by atoms with Gasteiger partial charge in [-0.25, -0.2) is 13.4 Å². The fourth-order valence-corrected chi connectivity index (χ4v) is 7.78. The molecule has 0 saturated carbocycles. The fraction of sp³-hybridized carbons (Fsp3) is 0.278. The minimum Gasteiger partial charge on any atom is -0.497 e. The van der Waals surface area contributed by atoms with E-state index < -0.39 is 27.4 Å². The average molecular weight is 681 g/mol. The fourth-order valence-electron chi connectivity index (χ4n) is 6.32. The van der Waals surface area contributed by atoms with Crippen molar-refractivity contribution in [3.63, 3.8) is 0 Å². The topological polar surface area (TPSA) is 145 Å². The molecule has 2 aliphatic rings. The van der Waals surface area contributed by atoms with Crippen molar-refractivity contribution in [3.8, 4) is 17.7 Å². The molecule has 1 unspecified atom stereocenters. The van der Waals surface area contributed by atoms with Crippen molar-refractivity contribution in [2.75, 3.05) is 55.6 Å². The molecule has 252 valence electrons. The number of nitrogens with one attached hydrogen (secondary N) is 1. The standard InChI is InChI=1S/C36H36N6O6S/c1-4-40-19-21-41(22-20-40)27-11-9-26(10-12-27)33(43)39-36(30-7-6-18-38-34(30)48-5-2)31-23-25(24-37)8-17-32(31)42(35(36)44)49(45,46)29-15-13-28(47-3)14-16-29/h6-18,23H,4-5,19-22H2,1-3H3,(H,39,43). The van der Waals surface area contributed by atoms with Gasteiger partial charge in [0.15, 0.2) is 5.54 Å². The van der Waals surface area contributed by atoms with Gasteiger partial charge in [-0.2, -0.15) is 9.57 Å². The number of hydrogen-bond donors (Lipinski definition) is 1. The number of benzene rings is 3. The van der Waals surface area contributed by atoms with Gasteiger partial charge in [0, 0.05) is 49.2 Å². The highest BCUT2D eigenvalue weighted by molar-refractivity contribution is 7.93. The molecule has 0 bridgehead atoms. The lowest BCUT2D eigenvalue weighted by Gasteiger charge is -2.35. The van der Waals surface area contributed by atoms with Crippen molar-refractivity contribution in [2.45, 2.75) is 24.3 Å². The number of fused-ring (bicyclic) bond motifs is 1. The van der Waals surface area contributed by atoms with E-state index in [1.54, 1.807) is 31.2 Å². The summed E-state index contributed by atoms with van der Waals surface area (Å²) >= 11 is 0. The predicted octanol–water partition coefficient (Wildman–Crippen LogP) is 3.91. The van der Waals surface area contributed by atoms with E-state index >= 15 is 0 Å². The number of piperazine rings is 1. The number of nitriles is 1. The van der Waals surface area contributed by atoms with Gasteiger partial charge in [-0.05, 0) is 92.3 Å². The molecule has 6 rings (SSSR count). The largest absolute Gasteiger partial charge is 0.497 e. The molecule has 1 N–H and O–H groups in total. The van der Waals surface area contributed by atoms with Gasteiger partial charge >= 0.3 is 0 Å². The average Bonchev–Trinajstić information content (AvgIpc) is 3.39. The second-order valence-electron chi connectivity index (χ2n) is 11.6. The maximum Gasteiger partial charge on any atom is 0.276 e. The van der Waals surface area contributed by atoms with Gasteiger partial charge < -0.3 is 24.6 Å². The number of amides is 2. The first-order valence-electron chi connectivity index (χ1n) is 15.9. The Hall–Kier alpha value is -5.45. The van der Waals surface area contributed by atoms with Gasteiger partial charge in [0.2, 0.25) is 5.88 Å². The number of anilines is 2. The van der Waals surface area contributed by atoms with Crippen LogP contribution < -0.4 is 24.0 Å². The monoisotopic (exact) mass is 680 g/mol. The molecular weight excluding hydrogens is 644 g/mol. The summed E-state index contributed by atoms with van der Waals surface area (Å²) in [7, 11) is -3.09. The van der Waals surface area contributed by atoms with Crippen molar-refractivity contribution < 1.29 is 27.5 Å². The molecular formula is C36H36N6O6S. The minimum absolute atomic E-state index is 0.0204. The SMILES string of the molecule is CCOc1ncccc1C1(NC(=O)c2ccc(N3CCN(CC)CC3)cc2)C(=O)N(S(=O)(=O)c2ccc(OC)cc2)c2ccc(C#N)cc21. The van der Waals surface area contributed by atoms with Gasteiger partial charge in [-0.15, -0.1) is 0 Å². The molecule has 1 saturated heterocycles. The molecule has 0 spiro atoms. The number of carbonyl (C=O) groups is 2. The summed E-state index contributed by atoms with van der Waals surface area (Å²) in [6.07, 6.45) is 1.47. The molecule has 12 nitrogen and oxygen atoms in total. The predicted molar refractivity (Wildman–Crippen MR) is 183 cm³/mol. The van der Waals surface area contributed by atoms with Crippen LogP contribution in [0.4, 0.5) is 11.4 Å². The number of aromatic nitrogens is 1. The number of methoxy groups -OCH3 is 1. The van der Waals surface area contributed by atoms with Crippen LogP contribution in [-0.2, 0) is 20.4 Å². The van der Waals surface area contributed by atoms with E-state index in [1.807, 2.05) is 12.1 Å². The Balaban J connectivity index is 1.48. The lowest BCUT2D eigenvalue weighted by atomic mass is 9.83. The number of ether oxygens (including phenoxy) is 2. The number of nitrogens with zero attached hydrogens (tertiary/aromatic N) is 5. The van der Waals surface area contributed by atoms with Gasteiger partial charge in [0.25, 0.3) is 21.8 Å².